The Hall–Kier alpha value is -1.85. The van der Waals surface area contributed by atoms with Crippen molar-refractivity contribution < 1.29 is 23.1 Å². The molecule has 2 aromatic carbocycles. The number of ether oxygens (including phenoxy) is 2. The molecule has 0 saturated carbocycles. The maximum Gasteiger partial charge on any atom is 0.515 e. The third-order valence-electron chi connectivity index (χ3n) is 6.07. The number of rotatable bonds is 7. The van der Waals surface area contributed by atoms with Gasteiger partial charge in [0, 0.05) is 25.9 Å². The molecular formula is C23H30NO5P. The number of benzene rings is 2. The number of piperidine rings is 1. The second kappa shape index (κ2) is 8.72. The molecule has 0 unspecified atom stereocenters. The molecule has 4 rings (SSSR count). The van der Waals surface area contributed by atoms with E-state index in [1.807, 2.05) is 36.4 Å². The minimum atomic E-state index is -3.62. The van der Waals surface area contributed by atoms with Crippen molar-refractivity contribution >= 4 is 7.75 Å². The molecule has 2 aromatic rings. The molecule has 2 heterocycles. The van der Waals surface area contributed by atoms with Gasteiger partial charge in [0.1, 0.15) is 11.5 Å². The number of hydrogen-bond donors (Lipinski definition) is 0. The van der Waals surface area contributed by atoms with Gasteiger partial charge in [-0.25, -0.2) is 4.57 Å². The first-order valence-electron chi connectivity index (χ1n) is 10.7. The molecule has 7 heteroatoms. The molecule has 6 nitrogen and oxygen atoms in total. The summed E-state index contributed by atoms with van der Waals surface area (Å²) in [5.74, 6) is 0.426. The SMILES string of the molecule is CCC1(CC)COC2(CCN(P(=O)(Oc3ccccc3)Oc3ccccc3)CC2)O1. The minimum Gasteiger partial charge on any atom is -0.404 e. The summed E-state index contributed by atoms with van der Waals surface area (Å²) >= 11 is 0. The molecule has 1 spiro atoms. The van der Waals surface area contributed by atoms with E-state index in [0.29, 0.717) is 44.0 Å². The summed E-state index contributed by atoms with van der Waals surface area (Å²) in [7, 11) is -3.62. The summed E-state index contributed by atoms with van der Waals surface area (Å²) in [6, 6.07) is 18.3. The Balaban J connectivity index is 1.51. The molecule has 2 saturated heterocycles. The van der Waals surface area contributed by atoms with E-state index < -0.39 is 13.5 Å². The van der Waals surface area contributed by atoms with Crippen LogP contribution in [0.4, 0.5) is 0 Å². The molecule has 0 atom stereocenters. The lowest BCUT2D eigenvalue weighted by molar-refractivity contribution is -0.208. The quantitative estimate of drug-likeness (QED) is 0.528. The van der Waals surface area contributed by atoms with Gasteiger partial charge in [0.25, 0.3) is 0 Å². The van der Waals surface area contributed by atoms with Crippen LogP contribution >= 0.6 is 7.75 Å². The maximum atomic E-state index is 13.9. The summed E-state index contributed by atoms with van der Waals surface area (Å²) in [6.07, 6.45) is 3.08. The van der Waals surface area contributed by atoms with Gasteiger partial charge >= 0.3 is 7.75 Å². The van der Waals surface area contributed by atoms with Gasteiger partial charge in [0.05, 0.1) is 12.2 Å². The Labute approximate surface area is 178 Å². The molecule has 162 valence electrons. The smallest absolute Gasteiger partial charge is 0.404 e. The first kappa shape index (κ1) is 21.4. The van der Waals surface area contributed by atoms with Crippen molar-refractivity contribution in [2.45, 2.75) is 50.9 Å². The number of para-hydroxylation sites is 2. The van der Waals surface area contributed by atoms with Crippen LogP contribution in [0.15, 0.2) is 60.7 Å². The molecule has 2 fully saturated rings. The van der Waals surface area contributed by atoms with Gasteiger partial charge in [0.15, 0.2) is 5.79 Å². The van der Waals surface area contributed by atoms with Crippen LogP contribution < -0.4 is 9.05 Å². The molecule has 2 aliphatic heterocycles. The normalized spacial score (nSPS) is 20.9. The van der Waals surface area contributed by atoms with Gasteiger partial charge in [0.2, 0.25) is 0 Å². The van der Waals surface area contributed by atoms with Crippen LogP contribution in [0.25, 0.3) is 0 Å². The second-order valence-corrected chi connectivity index (χ2v) is 9.79. The lowest BCUT2D eigenvalue weighted by Gasteiger charge is -2.40. The Morgan fingerprint density at radius 3 is 1.83 bits per heavy atom. The van der Waals surface area contributed by atoms with Crippen molar-refractivity contribution in [2.24, 2.45) is 0 Å². The summed E-state index contributed by atoms with van der Waals surface area (Å²) in [4.78, 5) is 0. The van der Waals surface area contributed by atoms with Gasteiger partial charge in [-0.15, -0.1) is 0 Å². The largest absolute Gasteiger partial charge is 0.515 e. The predicted octanol–water partition coefficient (Wildman–Crippen LogP) is 5.65. The fourth-order valence-electron chi connectivity index (χ4n) is 4.01. The predicted molar refractivity (Wildman–Crippen MR) is 116 cm³/mol. The fourth-order valence-corrected chi connectivity index (χ4v) is 5.74. The van der Waals surface area contributed by atoms with Crippen LogP contribution in [0, 0.1) is 0 Å². The van der Waals surface area contributed by atoms with Crippen LogP contribution in [0.2, 0.25) is 0 Å². The summed E-state index contributed by atoms with van der Waals surface area (Å²) in [6.45, 7) is 5.88. The molecule has 0 amide bonds. The zero-order valence-corrected chi connectivity index (χ0v) is 18.6. The van der Waals surface area contributed by atoms with Crippen LogP contribution in [0.3, 0.4) is 0 Å². The summed E-state index contributed by atoms with van der Waals surface area (Å²) in [5, 5.41) is 0. The van der Waals surface area contributed by atoms with E-state index in [2.05, 4.69) is 13.8 Å². The van der Waals surface area contributed by atoms with Crippen molar-refractivity contribution in [3.63, 3.8) is 0 Å². The molecule has 0 aromatic heterocycles. The standard InChI is InChI=1S/C23H30NO5P/c1-3-22(4-2)19-26-23(29-22)15-17-24(18-16-23)30(25,27-20-11-7-5-8-12-20)28-21-13-9-6-10-14-21/h5-14H,3-4,15-19H2,1-2H3. The summed E-state index contributed by atoms with van der Waals surface area (Å²) < 4.78 is 40.3. The highest BCUT2D eigenvalue weighted by Gasteiger charge is 2.52. The average Bonchev–Trinajstić information content (AvgIpc) is 3.14. The average molecular weight is 431 g/mol. The topological polar surface area (TPSA) is 57.2 Å². The molecule has 30 heavy (non-hydrogen) atoms. The van der Waals surface area contributed by atoms with Crippen molar-refractivity contribution in [1.29, 1.82) is 0 Å². The van der Waals surface area contributed by atoms with Crippen LogP contribution in [0.5, 0.6) is 11.5 Å². The molecule has 0 aliphatic carbocycles. The molecule has 0 N–H and O–H groups in total. The fraction of sp³-hybridized carbons (Fsp3) is 0.478. The van der Waals surface area contributed by atoms with Crippen LogP contribution in [-0.4, -0.2) is 35.8 Å². The molecule has 2 aliphatic rings. The number of hydrogen-bond acceptors (Lipinski definition) is 5. The molecule has 0 radical (unpaired) electrons. The van der Waals surface area contributed by atoms with E-state index in [1.54, 1.807) is 28.9 Å². The van der Waals surface area contributed by atoms with Gasteiger partial charge in [-0.2, -0.15) is 4.67 Å². The van der Waals surface area contributed by atoms with Gasteiger partial charge in [-0.05, 0) is 37.1 Å². The van der Waals surface area contributed by atoms with Gasteiger partial charge < -0.3 is 18.5 Å². The second-order valence-electron chi connectivity index (χ2n) is 7.92. The first-order chi connectivity index (χ1) is 14.5. The van der Waals surface area contributed by atoms with Gasteiger partial charge in [-0.1, -0.05) is 50.2 Å². The van der Waals surface area contributed by atoms with Crippen LogP contribution in [0.1, 0.15) is 39.5 Å². The van der Waals surface area contributed by atoms with E-state index in [4.69, 9.17) is 18.5 Å². The van der Waals surface area contributed by atoms with E-state index in [-0.39, 0.29) is 5.60 Å². The van der Waals surface area contributed by atoms with E-state index in [0.717, 1.165) is 12.8 Å². The highest BCUT2D eigenvalue weighted by Crippen LogP contribution is 2.54. The Bertz CT molecular complexity index is 818. The third-order valence-corrected chi connectivity index (χ3v) is 8.04. The lowest BCUT2D eigenvalue weighted by atomic mass is 9.98. The monoisotopic (exact) mass is 431 g/mol. The van der Waals surface area contributed by atoms with Crippen molar-refractivity contribution in [1.82, 2.24) is 4.67 Å². The Kier molecular flexibility index (Phi) is 6.21. The first-order valence-corrected chi connectivity index (χ1v) is 12.2. The zero-order valence-electron chi connectivity index (χ0n) is 17.7. The van der Waals surface area contributed by atoms with E-state index >= 15 is 0 Å². The lowest BCUT2D eigenvalue weighted by Crippen LogP contribution is -2.46. The van der Waals surface area contributed by atoms with E-state index in [9.17, 15) is 4.57 Å². The minimum absolute atomic E-state index is 0.215. The molecular weight excluding hydrogens is 401 g/mol. The third kappa shape index (κ3) is 4.42. The highest BCUT2D eigenvalue weighted by atomic mass is 31.2. The maximum absolute atomic E-state index is 13.9. The van der Waals surface area contributed by atoms with Crippen molar-refractivity contribution in [3.8, 4) is 11.5 Å². The highest BCUT2D eigenvalue weighted by molar-refractivity contribution is 7.52. The zero-order chi connectivity index (χ0) is 21.1. The van der Waals surface area contributed by atoms with Crippen LogP contribution in [-0.2, 0) is 14.0 Å². The van der Waals surface area contributed by atoms with E-state index in [1.165, 1.54) is 0 Å². The van der Waals surface area contributed by atoms with Gasteiger partial charge in [-0.3, -0.25) is 0 Å². The number of nitrogens with zero attached hydrogens (tertiary/aromatic N) is 1. The Morgan fingerprint density at radius 1 is 0.900 bits per heavy atom. The van der Waals surface area contributed by atoms with Crippen molar-refractivity contribution in [3.05, 3.63) is 60.7 Å². The van der Waals surface area contributed by atoms with Crippen molar-refractivity contribution in [2.75, 3.05) is 19.7 Å². The Morgan fingerprint density at radius 2 is 1.40 bits per heavy atom. The molecule has 0 bridgehead atoms. The summed E-state index contributed by atoms with van der Waals surface area (Å²) in [5.41, 5.74) is -0.215.